The second-order valence-corrected chi connectivity index (χ2v) is 6.39. The number of methoxy groups -OCH3 is 1. The van der Waals surface area contributed by atoms with E-state index in [4.69, 9.17) is 4.74 Å². The maximum Gasteiger partial charge on any atom is 0.254 e. The molecule has 0 saturated carbocycles. The van der Waals surface area contributed by atoms with E-state index in [1.807, 2.05) is 40.0 Å². The lowest BCUT2D eigenvalue weighted by Crippen LogP contribution is -2.50. The standard InChI is InChI=1S/C17H21N5O2/c1-24-16-6-8-20(12-16)14-4-2-13(3-5-14)17(23)21-10-15(11-21)22-9-7-18-19-22/h2-5,7,9,15-16H,6,8,10-12H2,1H3/t16-/m1/s1. The number of ether oxygens (including phenoxy) is 1. The molecule has 24 heavy (non-hydrogen) atoms. The second-order valence-electron chi connectivity index (χ2n) is 6.39. The largest absolute Gasteiger partial charge is 0.380 e. The minimum atomic E-state index is 0.0779. The minimum Gasteiger partial charge on any atom is -0.380 e. The lowest BCUT2D eigenvalue weighted by atomic mass is 10.1. The van der Waals surface area contributed by atoms with Gasteiger partial charge in [0.2, 0.25) is 0 Å². The zero-order valence-electron chi connectivity index (χ0n) is 13.7. The number of aromatic nitrogens is 3. The molecule has 7 nitrogen and oxygen atoms in total. The monoisotopic (exact) mass is 327 g/mol. The molecule has 126 valence electrons. The summed E-state index contributed by atoms with van der Waals surface area (Å²) in [5.74, 6) is 0.0779. The van der Waals surface area contributed by atoms with Gasteiger partial charge in [0.25, 0.3) is 5.91 Å². The quantitative estimate of drug-likeness (QED) is 0.844. The first-order chi connectivity index (χ1) is 11.7. The number of likely N-dealkylation sites (tertiary alicyclic amines) is 1. The van der Waals surface area contributed by atoms with Gasteiger partial charge in [0.15, 0.2) is 0 Å². The molecule has 0 spiro atoms. The van der Waals surface area contributed by atoms with Crippen LogP contribution < -0.4 is 4.90 Å². The summed E-state index contributed by atoms with van der Waals surface area (Å²) in [7, 11) is 1.76. The van der Waals surface area contributed by atoms with Crippen LogP contribution >= 0.6 is 0 Å². The number of carbonyl (C=O) groups excluding carboxylic acids is 1. The van der Waals surface area contributed by atoms with Crippen molar-refractivity contribution in [1.82, 2.24) is 19.9 Å². The van der Waals surface area contributed by atoms with E-state index in [1.54, 1.807) is 13.3 Å². The predicted molar refractivity (Wildman–Crippen MR) is 89.0 cm³/mol. The number of rotatable bonds is 4. The van der Waals surface area contributed by atoms with Crippen LogP contribution in [-0.2, 0) is 4.74 Å². The van der Waals surface area contributed by atoms with E-state index in [9.17, 15) is 4.79 Å². The van der Waals surface area contributed by atoms with Gasteiger partial charge in [-0.25, -0.2) is 4.68 Å². The summed E-state index contributed by atoms with van der Waals surface area (Å²) in [6.45, 7) is 3.28. The van der Waals surface area contributed by atoms with Crippen molar-refractivity contribution in [3.8, 4) is 0 Å². The Kier molecular flexibility index (Phi) is 3.93. The molecule has 1 amide bonds. The van der Waals surface area contributed by atoms with Gasteiger partial charge in [-0.3, -0.25) is 4.79 Å². The second kappa shape index (κ2) is 6.24. The summed E-state index contributed by atoms with van der Waals surface area (Å²) in [5, 5.41) is 7.79. The number of benzene rings is 1. The Balaban J connectivity index is 1.36. The smallest absolute Gasteiger partial charge is 0.254 e. The number of carbonyl (C=O) groups is 1. The molecular formula is C17H21N5O2. The summed E-state index contributed by atoms with van der Waals surface area (Å²) in [6.07, 6.45) is 4.86. The third-order valence-electron chi connectivity index (χ3n) is 4.92. The normalized spacial score (nSPS) is 21.1. The van der Waals surface area contributed by atoms with Crippen LogP contribution in [0.1, 0.15) is 22.8 Å². The van der Waals surface area contributed by atoms with E-state index >= 15 is 0 Å². The fourth-order valence-corrected chi connectivity index (χ4v) is 3.35. The summed E-state index contributed by atoms with van der Waals surface area (Å²) in [4.78, 5) is 16.7. The van der Waals surface area contributed by atoms with Gasteiger partial charge in [-0.05, 0) is 30.7 Å². The van der Waals surface area contributed by atoms with Gasteiger partial charge in [-0.1, -0.05) is 5.21 Å². The van der Waals surface area contributed by atoms with Gasteiger partial charge < -0.3 is 14.5 Å². The van der Waals surface area contributed by atoms with Gasteiger partial charge in [0.1, 0.15) is 0 Å². The van der Waals surface area contributed by atoms with Crippen molar-refractivity contribution in [2.75, 3.05) is 38.2 Å². The zero-order chi connectivity index (χ0) is 16.5. The van der Waals surface area contributed by atoms with Crippen LogP contribution in [-0.4, -0.2) is 65.2 Å². The van der Waals surface area contributed by atoms with Crippen molar-refractivity contribution in [2.45, 2.75) is 18.6 Å². The summed E-state index contributed by atoms with van der Waals surface area (Å²) in [6, 6.07) is 8.13. The van der Waals surface area contributed by atoms with Crippen LogP contribution in [0.25, 0.3) is 0 Å². The van der Waals surface area contributed by atoms with Crippen LogP contribution in [0.5, 0.6) is 0 Å². The molecule has 3 heterocycles. The van der Waals surface area contributed by atoms with Gasteiger partial charge in [-0.15, -0.1) is 5.10 Å². The summed E-state index contributed by atoms with van der Waals surface area (Å²) >= 11 is 0. The Bertz CT molecular complexity index is 694. The Morgan fingerprint density at radius 3 is 2.62 bits per heavy atom. The predicted octanol–water partition coefficient (Wildman–Crippen LogP) is 1.20. The Morgan fingerprint density at radius 2 is 2.00 bits per heavy atom. The van der Waals surface area contributed by atoms with Crippen LogP contribution in [0.2, 0.25) is 0 Å². The highest BCUT2D eigenvalue weighted by Crippen LogP contribution is 2.25. The molecular weight excluding hydrogens is 306 g/mol. The Morgan fingerprint density at radius 1 is 1.21 bits per heavy atom. The van der Waals surface area contributed by atoms with E-state index in [0.29, 0.717) is 19.2 Å². The van der Waals surface area contributed by atoms with Gasteiger partial charge in [0.05, 0.1) is 18.3 Å². The first-order valence-corrected chi connectivity index (χ1v) is 8.27. The first-order valence-electron chi connectivity index (χ1n) is 8.27. The van der Waals surface area contributed by atoms with Gasteiger partial charge >= 0.3 is 0 Å². The average Bonchev–Trinajstić information content (AvgIpc) is 3.25. The number of hydrogen-bond donors (Lipinski definition) is 0. The van der Waals surface area contributed by atoms with Crippen molar-refractivity contribution < 1.29 is 9.53 Å². The SMILES string of the molecule is CO[C@@H]1CCN(c2ccc(C(=O)N3CC(n4ccnn4)C3)cc2)C1. The highest BCUT2D eigenvalue weighted by atomic mass is 16.5. The fraction of sp³-hybridized carbons (Fsp3) is 0.471. The van der Waals surface area contributed by atoms with Gasteiger partial charge in [-0.2, -0.15) is 0 Å². The lowest BCUT2D eigenvalue weighted by Gasteiger charge is -2.38. The Hall–Kier alpha value is -2.41. The summed E-state index contributed by atoms with van der Waals surface area (Å²) < 4.78 is 7.22. The summed E-state index contributed by atoms with van der Waals surface area (Å²) in [5.41, 5.74) is 1.88. The Labute approximate surface area is 140 Å². The molecule has 0 radical (unpaired) electrons. The number of hydrogen-bond acceptors (Lipinski definition) is 5. The number of anilines is 1. The van der Waals surface area contributed by atoms with Crippen molar-refractivity contribution in [3.63, 3.8) is 0 Å². The van der Waals surface area contributed by atoms with E-state index in [-0.39, 0.29) is 11.9 Å². The maximum absolute atomic E-state index is 12.5. The maximum atomic E-state index is 12.5. The molecule has 2 saturated heterocycles. The van der Waals surface area contributed by atoms with Crippen LogP contribution in [0.3, 0.4) is 0 Å². The average molecular weight is 327 g/mol. The molecule has 2 aliphatic heterocycles. The highest BCUT2D eigenvalue weighted by molar-refractivity contribution is 5.95. The van der Waals surface area contributed by atoms with Crippen molar-refractivity contribution >= 4 is 11.6 Å². The van der Waals surface area contributed by atoms with E-state index in [0.717, 1.165) is 30.8 Å². The zero-order valence-corrected chi connectivity index (χ0v) is 13.7. The highest BCUT2D eigenvalue weighted by Gasteiger charge is 2.33. The molecule has 0 aliphatic carbocycles. The van der Waals surface area contributed by atoms with E-state index in [1.165, 1.54) is 0 Å². The third kappa shape index (κ3) is 2.75. The molecule has 7 heteroatoms. The molecule has 0 unspecified atom stereocenters. The van der Waals surface area contributed by atoms with Crippen LogP contribution in [0, 0.1) is 0 Å². The van der Waals surface area contributed by atoms with Crippen molar-refractivity contribution in [2.24, 2.45) is 0 Å². The topological polar surface area (TPSA) is 63.5 Å². The van der Waals surface area contributed by atoms with Crippen molar-refractivity contribution in [3.05, 3.63) is 42.2 Å². The molecule has 1 aromatic heterocycles. The number of nitrogens with zero attached hydrogens (tertiary/aromatic N) is 5. The molecule has 0 bridgehead atoms. The first kappa shape index (κ1) is 15.1. The minimum absolute atomic E-state index is 0.0779. The molecule has 2 aromatic rings. The van der Waals surface area contributed by atoms with Crippen LogP contribution in [0.4, 0.5) is 5.69 Å². The fourth-order valence-electron chi connectivity index (χ4n) is 3.35. The van der Waals surface area contributed by atoms with E-state index < -0.39 is 0 Å². The van der Waals surface area contributed by atoms with E-state index in [2.05, 4.69) is 15.2 Å². The number of amides is 1. The molecule has 4 rings (SSSR count). The third-order valence-corrected chi connectivity index (χ3v) is 4.92. The van der Waals surface area contributed by atoms with Crippen molar-refractivity contribution in [1.29, 1.82) is 0 Å². The molecule has 2 aliphatic rings. The molecule has 0 N–H and O–H groups in total. The van der Waals surface area contributed by atoms with Crippen LogP contribution in [0.15, 0.2) is 36.7 Å². The lowest BCUT2D eigenvalue weighted by molar-refractivity contribution is 0.0498. The molecule has 1 aromatic carbocycles. The molecule has 1 atom stereocenters. The molecule has 2 fully saturated rings. The van der Waals surface area contributed by atoms with Gasteiger partial charge in [0, 0.05) is 50.7 Å².